The Morgan fingerprint density at radius 1 is 1.08 bits per heavy atom. The molecule has 2 fully saturated rings. The zero-order valence-electron chi connectivity index (χ0n) is 21.4. The largest absolute Gasteiger partial charge is 0.424 e. The summed E-state index contributed by atoms with van der Waals surface area (Å²) in [5.41, 5.74) is 1.51. The molecule has 4 aromatic rings. The second-order valence-corrected chi connectivity index (χ2v) is 10.2. The Kier molecular flexibility index (Phi) is 6.80. The molecule has 200 valence electrons. The first-order valence-electron chi connectivity index (χ1n) is 12.9. The first kappa shape index (κ1) is 25.1. The number of nitrogens with one attached hydrogen (secondary N) is 2. The van der Waals surface area contributed by atoms with Gasteiger partial charge in [0.05, 0.1) is 35.7 Å². The molecule has 1 amide bonds. The van der Waals surface area contributed by atoms with Gasteiger partial charge in [-0.25, -0.2) is 14.4 Å². The molecule has 1 aliphatic heterocycles. The van der Waals surface area contributed by atoms with Gasteiger partial charge in [0.15, 0.2) is 5.82 Å². The number of para-hydroxylation sites is 1. The molecule has 2 N–H and O–H groups in total. The molecule has 0 unspecified atom stereocenters. The van der Waals surface area contributed by atoms with Gasteiger partial charge in [0.1, 0.15) is 11.6 Å². The summed E-state index contributed by atoms with van der Waals surface area (Å²) in [4.78, 5) is 29.6. The zero-order valence-corrected chi connectivity index (χ0v) is 21.4. The number of carbonyl (C=O) groups excluding carboxylic acids is 1. The van der Waals surface area contributed by atoms with Crippen LogP contribution in [0.25, 0.3) is 22.6 Å². The summed E-state index contributed by atoms with van der Waals surface area (Å²) in [6.45, 7) is 2.88. The molecule has 1 saturated carbocycles. The van der Waals surface area contributed by atoms with Gasteiger partial charge in [-0.3, -0.25) is 4.79 Å². The molecule has 6 rings (SSSR count). The maximum atomic E-state index is 13.7. The molecule has 0 radical (unpaired) electrons. The van der Waals surface area contributed by atoms with E-state index in [-0.39, 0.29) is 30.9 Å². The summed E-state index contributed by atoms with van der Waals surface area (Å²) in [7, 11) is 0. The van der Waals surface area contributed by atoms with Crippen LogP contribution in [0, 0.1) is 17.2 Å². The van der Waals surface area contributed by atoms with Gasteiger partial charge in [0.2, 0.25) is 12.2 Å². The van der Waals surface area contributed by atoms with Crippen molar-refractivity contribution in [1.29, 1.82) is 0 Å². The number of benzene rings is 2. The average Bonchev–Trinajstić information content (AvgIpc) is 3.69. The van der Waals surface area contributed by atoms with Crippen LogP contribution in [0.1, 0.15) is 31.9 Å². The Labute approximate surface area is 224 Å². The van der Waals surface area contributed by atoms with Crippen molar-refractivity contribution < 1.29 is 23.4 Å². The van der Waals surface area contributed by atoms with Crippen molar-refractivity contribution in [3.63, 3.8) is 0 Å². The SMILES string of the molecule is CC1(C(=O)NCC2CC2)COC(c2nc(-c3ccc(F)cc3)c(-c3ccnc(Oc4ccccc4)n3)[nH]2)OC1. The van der Waals surface area contributed by atoms with Crippen molar-refractivity contribution >= 4 is 5.91 Å². The summed E-state index contributed by atoms with van der Waals surface area (Å²) in [5, 5.41) is 3.01. The number of aromatic amines is 1. The van der Waals surface area contributed by atoms with Crippen molar-refractivity contribution in [2.24, 2.45) is 11.3 Å². The smallest absolute Gasteiger partial charge is 0.322 e. The number of halogens is 1. The molecule has 2 aromatic heterocycles. The van der Waals surface area contributed by atoms with Crippen LogP contribution in [0.4, 0.5) is 4.39 Å². The molecule has 0 atom stereocenters. The van der Waals surface area contributed by atoms with Gasteiger partial charge in [-0.1, -0.05) is 18.2 Å². The van der Waals surface area contributed by atoms with Crippen LogP contribution in [0.2, 0.25) is 0 Å². The third kappa shape index (κ3) is 5.67. The Balaban J connectivity index is 1.26. The fourth-order valence-electron chi connectivity index (χ4n) is 4.30. The van der Waals surface area contributed by atoms with Crippen molar-refractivity contribution in [1.82, 2.24) is 25.3 Å². The summed E-state index contributed by atoms with van der Waals surface area (Å²) >= 11 is 0. The maximum Gasteiger partial charge on any atom is 0.322 e. The van der Waals surface area contributed by atoms with Crippen LogP contribution in [-0.4, -0.2) is 45.6 Å². The molecule has 39 heavy (non-hydrogen) atoms. The van der Waals surface area contributed by atoms with E-state index in [0.29, 0.717) is 46.7 Å². The molecule has 0 spiro atoms. The first-order chi connectivity index (χ1) is 19.0. The number of aromatic nitrogens is 4. The number of imidazole rings is 1. The van der Waals surface area contributed by atoms with Gasteiger partial charge in [-0.15, -0.1) is 0 Å². The number of H-pyrrole nitrogens is 1. The summed E-state index contributed by atoms with van der Waals surface area (Å²) in [6.07, 6.45) is 3.10. The molecular formula is C29H28FN5O4. The highest BCUT2D eigenvalue weighted by molar-refractivity contribution is 5.82. The number of rotatable bonds is 8. The lowest BCUT2D eigenvalue weighted by Crippen LogP contribution is -2.49. The molecule has 2 aliphatic rings. The third-order valence-electron chi connectivity index (χ3n) is 6.81. The minimum absolute atomic E-state index is 0.0769. The van der Waals surface area contributed by atoms with E-state index in [1.807, 2.05) is 37.3 Å². The van der Waals surface area contributed by atoms with E-state index in [2.05, 4.69) is 20.3 Å². The molecule has 0 bridgehead atoms. The Bertz CT molecular complexity index is 1450. The Hall–Kier alpha value is -4.15. The lowest BCUT2D eigenvalue weighted by molar-refractivity contribution is -0.231. The Morgan fingerprint density at radius 2 is 1.82 bits per heavy atom. The topological polar surface area (TPSA) is 111 Å². The number of amides is 1. The van der Waals surface area contributed by atoms with E-state index in [9.17, 15) is 9.18 Å². The fraction of sp³-hybridized carbons (Fsp3) is 0.310. The highest BCUT2D eigenvalue weighted by Gasteiger charge is 2.41. The van der Waals surface area contributed by atoms with Gasteiger partial charge in [-0.2, -0.15) is 4.98 Å². The summed E-state index contributed by atoms with van der Waals surface area (Å²) in [5.74, 6) is 1.17. The minimum Gasteiger partial charge on any atom is -0.424 e. The lowest BCUT2D eigenvalue weighted by atomic mass is 9.91. The Morgan fingerprint density at radius 3 is 2.54 bits per heavy atom. The van der Waals surface area contributed by atoms with Gasteiger partial charge >= 0.3 is 6.01 Å². The van der Waals surface area contributed by atoms with Gasteiger partial charge in [-0.05, 0) is 68.1 Å². The van der Waals surface area contributed by atoms with E-state index in [1.165, 1.54) is 12.1 Å². The number of nitrogens with zero attached hydrogens (tertiary/aromatic N) is 3. The van der Waals surface area contributed by atoms with Crippen LogP contribution >= 0.6 is 0 Å². The predicted octanol–water partition coefficient (Wildman–Crippen LogP) is 5.04. The quantitative estimate of drug-likeness (QED) is 0.329. The number of carbonyl (C=O) groups is 1. The monoisotopic (exact) mass is 529 g/mol. The van der Waals surface area contributed by atoms with Crippen molar-refractivity contribution in [3.05, 3.63) is 78.5 Å². The third-order valence-corrected chi connectivity index (χ3v) is 6.81. The fourth-order valence-corrected chi connectivity index (χ4v) is 4.30. The summed E-state index contributed by atoms with van der Waals surface area (Å²) in [6, 6.07) is 17.2. The molecule has 9 nitrogen and oxygen atoms in total. The number of hydrogen-bond acceptors (Lipinski definition) is 7. The summed E-state index contributed by atoms with van der Waals surface area (Å²) < 4.78 is 31.5. The van der Waals surface area contributed by atoms with Gasteiger partial charge in [0, 0.05) is 18.3 Å². The van der Waals surface area contributed by atoms with Crippen LogP contribution in [0.15, 0.2) is 66.9 Å². The van der Waals surface area contributed by atoms with E-state index >= 15 is 0 Å². The molecular weight excluding hydrogens is 501 g/mol. The van der Waals surface area contributed by atoms with Crippen molar-refractivity contribution in [2.45, 2.75) is 26.1 Å². The second kappa shape index (κ2) is 10.5. The van der Waals surface area contributed by atoms with Crippen molar-refractivity contribution in [3.8, 4) is 34.4 Å². The van der Waals surface area contributed by atoms with Crippen LogP contribution in [0.3, 0.4) is 0 Å². The highest BCUT2D eigenvalue weighted by Crippen LogP contribution is 2.36. The second-order valence-electron chi connectivity index (χ2n) is 10.2. The van der Waals surface area contributed by atoms with Crippen molar-refractivity contribution in [2.75, 3.05) is 19.8 Å². The standard InChI is InChI=1S/C29H28FN5O4/c1-29(27(36)32-15-18-7-8-18)16-37-26(38-17-29)25-34-23(19-9-11-20(30)12-10-19)24(35-25)22-13-14-31-28(33-22)39-21-5-3-2-4-6-21/h2-6,9-14,18,26H,7-8,15-17H2,1H3,(H,32,36)(H,34,35). The number of hydrogen-bond donors (Lipinski definition) is 2. The van der Waals surface area contributed by atoms with Crippen LogP contribution < -0.4 is 10.1 Å². The molecule has 1 aliphatic carbocycles. The molecule has 3 heterocycles. The predicted molar refractivity (Wildman–Crippen MR) is 140 cm³/mol. The minimum atomic E-state index is -0.816. The normalized spacial score (nSPS) is 20.9. The average molecular weight is 530 g/mol. The highest BCUT2D eigenvalue weighted by atomic mass is 19.1. The molecule has 10 heteroatoms. The van der Waals surface area contributed by atoms with Gasteiger partial charge in [0.25, 0.3) is 0 Å². The number of ether oxygens (including phenoxy) is 3. The lowest BCUT2D eigenvalue weighted by Gasteiger charge is -2.35. The van der Waals surface area contributed by atoms with E-state index in [4.69, 9.17) is 19.2 Å². The van der Waals surface area contributed by atoms with E-state index in [0.717, 1.165) is 12.8 Å². The molecule has 2 aromatic carbocycles. The van der Waals surface area contributed by atoms with E-state index in [1.54, 1.807) is 24.4 Å². The zero-order chi connectivity index (χ0) is 26.8. The molecule has 1 saturated heterocycles. The van der Waals surface area contributed by atoms with E-state index < -0.39 is 11.7 Å². The van der Waals surface area contributed by atoms with Crippen LogP contribution in [0.5, 0.6) is 11.8 Å². The van der Waals surface area contributed by atoms with Gasteiger partial charge < -0.3 is 24.5 Å². The van der Waals surface area contributed by atoms with Crippen LogP contribution in [-0.2, 0) is 14.3 Å². The first-order valence-corrected chi connectivity index (χ1v) is 12.9. The maximum absolute atomic E-state index is 13.7.